The summed E-state index contributed by atoms with van der Waals surface area (Å²) < 4.78 is 1.75. The summed E-state index contributed by atoms with van der Waals surface area (Å²) in [6, 6.07) is 17.6. The highest BCUT2D eigenvalue weighted by molar-refractivity contribution is 7.99. The molecule has 1 saturated carbocycles. The van der Waals surface area contributed by atoms with E-state index in [-0.39, 0.29) is 29.0 Å². The second kappa shape index (κ2) is 14.3. The van der Waals surface area contributed by atoms with Gasteiger partial charge >= 0.3 is 0 Å². The van der Waals surface area contributed by atoms with Crippen LogP contribution < -0.4 is 16.2 Å². The van der Waals surface area contributed by atoms with Crippen molar-refractivity contribution >= 4 is 34.5 Å². The molecule has 2 amide bonds. The lowest BCUT2D eigenvalue weighted by atomic mass is 9.81. The van der Waals surface area contributed by atoms with E-state index in [9.17, 15) is 14.4 Å². The molecule has 1 aliphatic rings. The van der Waals surface area contributed by atoms with E-state index < -0.39 is 0 Å². The van der Waals surface area contributed by atoms with Crippen molar-refractivity contribution in [1.82, 2.24) is 20.2 Å². The molecule has 0 radical (unpaired) electrons. The molecule has 0 bridgehead atoms. The van der Waals surface area contributed by atoms with Crippen molar-refractivity contribution in [3.05, 3.63) is 70.5 Å². The molecule has 2 aromatic carbocycles. The Labute approximate surface area is 235 Å². The standard InChI is InChI=1S/C31H40N4O3S/c1-22(2)16-18-32-28(36)21-39-31-34-27-11-7-6-10-26(27)30(38)35(31)20-24-12-14-25(15-13-24)29(37)33-19-17-23-8-4-3-5-9-23/h3-11,22,24-25H,12-21H2,1-2H3,(H,32,36)(H,33,37). The van der Waals surface area contributed by atoms with E-state index in [1.807, 2.05) is 42.5 Å². The van der Waals surface area contributed by atoms with Gasteiger partial charge in [0.15, 0.2) is 5.16 Å². The van der Waals surface area contributed by atoms with Crippen LogP contribution in [-0.4, -0.2) is 40.2 Å². The normalized spacial score (nSPS) is 17.3. The molecule has 2 N–H and O–H groups in total. The average Bonchev–Trinajstić information content (AvgIpc) is 2.94. The van der Waals surface area contributed by atoms with Crippen molar-refractivity contribution < 1.29 is 9.59 Å². The van der Waals surface area contributed by atoms with Crippen LogP contribution in [0, 0.1) is 17.8 Å². The number of hydrogen-bond acceptors (Lipinski definition) is 5. The Kier molecular flexibility index (Phi) is 10.6. The molecule has 0 aliphatic heterocycles. The van der Waals surface area contributed by atoms with Gasteiger partial charge in [-0.15, -0.1) is 0 Å². The molecule has 1 aromatic heterocycles. The topological polar surface area (TPSA) is 93.1 Å². The second-order valence-electron chi connectivity index (χ2n) is 10.9. The van der Waals surface area contributed by atoms with Gasteiger partial charge in [-0.1, -0.05) is 68.1 Å². The molecule has 39 heavy (non-hydrogen) atoms. The Morgan fingerprint density at radius 2 is 1.69 bits per heavy atom. The number of carbonyl (C=O) groups excluding carboxylic acids is 2. The number of benzene rings is 2. The number of aromatic nitrogens is 2. The Bertz CT molecular complexity index is 1300. The van der Waals surface area contributed by atoms with Gasteiger partial charge in [-0.05, 0) is 68.1 Å². The summed E-state index contributed by atoms with van der Waals surface area (Å²) in [5.41, 5.74) is 1.80. The molecule has 4 rings (SSSR count). The molecule has 1 heterocycles. The number of nitrogens with one attached hydrogen (secondary N) is 2. The van der Waals surface area contributed by atoms with Crippen molar-refractivity contribution in [3.63, 3.8) is 0 Å². The predicted molar refractivity (Wildman–Crippen MR) is 158 cm³/mol. The lowest BCUT2D eigenvalue weighted by Crippen LogP contribution is -2.35. The minimum absolute atomic E-state index is 0.0202. The van der Waals surface area contributed by atoms with Crippen LogP contribution in [0.3, 0.4) is 0 Å². The van der Waals surface area contributed by atoms with E-state index in [4.69, 9.17) is 4.98 Å². The Hall–Kier alpha value is -3.13. The van der Waals surface area contributed by atoms with Crippen molar-refractivity contribution in [2.45, 2.75) is 64.1 Å². The van der Waals surface area contributed by atoms with Crippen molar-refractivity contribution in [1.29, 1.82) is 0 Å². The third-order valence-corrected chi connectivity index (χ3v) is 8.39. The molecule has 1 fully saturated rings. The van der Waals surface area contributed by atoms with Crippen LogP contribution in [0.1, 0.15) is 51.5 Å². The zero-order valence-electron chi connectivity index (χ0n) is 23.0. The van der Waals surface area contributed by atoms with Gasteiger partial charge in [-0.2, -0.15) is 0 Å². The van der Waals surface area contributed by atoms with E-state index in [1.165, 1.54) is 17.3 Å². The summed E-state index contributed by atoms with van der Waals surface area (Å²) in [5.74, 6) is 1.14. The molecule has 0 saturated heterocycles. The quantitative estimate of drug-likeness (QED) is 0.250. The molecule has 7 nitrogen and oxygen atoms in total. The molecule has 1 aliphatic carbocycles. The minimum Gasteiger partial charge on any atom is -0.356 e. The number of amides is 2. The number of hydrogen-bond donors (Lipinski definition) is 2. The number of carbonyl (C=O) groups is 2. The Balaban J connectivity index is 1.35. The van der Waals surface area contributed by atoms with Crippen LogP contribution in [0.2, 0.25) is 0 Å². The zero-order valence-corrected chi connectivity index (χ0v) is 23.8. The van der Waals surface area contributed by atoms with Gasteiger partial charge < -0.3 is 10.6 Å². The fraction of sp³-hybridized carbons (Fsp3) is 0.484. The molecule has 208 valence electrons. The van der Waals surface area contributed by atoms with E-state index >= 15 is 0 Å². The highest BCUT2D eigenvalue weighted by Crippen LogP contribution is 2.31. The monoisotopic (exact) mass is 548 g/mol. The molecule has 3 aromatic rings. The van der Waals surface area contributed by atoms with E-state index in [1.54, 1.807) is 4.57 Å². The first-order valence-electron chi connectivity index (χ1n) is 14.1. The largest absolute Gasteiger partial charge is 0.356 e. The Morgan fingerprint density at radius 1 is 0.974 bits per heavy atom. The third-order valence-electron chi connectivity index (χ3n) is 7.42. The SMILES string of the molecule is CC(C)CCNC(=O)CSc1nc2ccccc2c(=O)n1CC1CCC(C(=O)NCCc2ccccc2)CC1. The highest BCUT2D eigenvalue weighted by Gasteiger charge is 2.27. The lowest BCUT2D eigenvalue weighted by molar-refractivity contribution is -0.126. The average molecular weight is 549 g/mol. The van der Waals surface area contributed by atoms with Gasteiger partial charge in [0.05, 0.1) is 16.7 Å². The summed E-state index contributed by atoms with van der Waals surface area (Å²) in [6.45, 7) is 6.11. The Morgan fingerprint density at radius 3 is 2.44 bits per heavy atom. The van der Waals surface area contributed by atoms with Gasteiger partial charge in [0.1, 0.15) is 0 Å². The maximum absolute atomic E-state index is 13.5. The number of fused-ring (bicyclic) bond motifs is 1. The number of para-hydroxylation sites is 1. The fourth-order valence-electron chi connectivity index (χ4n) is 5.08. The first kappa shape index (κ1) is 28.9. The van der Waals surface area contributed by atoms with Gasteiger partial charge in [0.25, 0.3) is 5.56 Å². The lowest BCUT2D eigenvalue weighted by Gasteiger charge is -2.28. The summed E-state index contributed by atoms with van der Waals surface area (Å²) in [6.07, 6.45) is 5.17. The van der Waals surface area contributed by atoms with E-state index in [0.717, 1.165) is 38.5 Å². The molecule has 8 heteroatoms. The van der Waals surface area contributed by atoms with Crippen LogP contribution in [0.15, 0.2) is 64.5 Å². The number of thioether (sulfide) groups is 1. The zero-order chi connectivity index (χ0) is 27.6. The third kappa shape index (κ3) is 8.43. The van der Waals surface area contributed by atoms with Crippen molar-refractivity contribution in [2.24, 2.45) is 17.8 Å². The van der Waals surface area contributed by atoms with Crippen LogP contribution in [0.4, 0.5) is 0 Å². The van der Waals surface area contributed by atoms with E-state index in [2.05, 4.69) is 36.6 Å². The van der Waals surface area contributed by atoms with Gasteiger partial charge in [0, 0.05) is 25.6 Å². The number of nitrogens with zero attached hydrogens (tertiary/aromatic N) is 2. The molecule has 0 spiro atoms. The molecular weight excluding hydrogens is 508 g/mol. The maximum atomic E-state index is 13.5. The fourth-order valence-corrected chi connectivity index (χ4v) is 5.92. The van der Waals surface area contributed by atoms with Gasteiger partial charge in [-0.3, -0.25) is 19.0 Å². The van der Waals surface area contributed by atoms with Gasteiger partial charge in [-0.25, -0.2) is 4.98 Å². The first-order chi connectivity index (χ1) is 18.9. The van der Waals surface area contributed by atoms with Crippen LogP contribution in [-0.2, 0) is 22.6 Å². The van der Waals surface area contributed by atoms with Crippen molar-refractivity contribution in [3.8, 4) is 0 Å². The minimum atomic E-state index is -0.0657. The molecular formula is C31H40N4O3S. The second-order valence-corrected chi connectivity index (χ2v) is 11.8. The maximum Gasteiger partial charge on any atom is 0.262 e. The summed E-state index contributed by atoms with van der Waals surface area (Å²) in [4.78, 5) is 43.4. The van der Waals surface area contributed by atoms with Crippen molar-refractivity contribution in [2.75, 3.05) is 18.8 Å². The van der Waals surface area contributed by atoms with Crippen LogP contribution in [0.5, 0.6) is 0 Å². The highest BCUT2D eigenvalue weighted by atomic mass is 32.2. The van der Waals surface area contributed by atoms with E-state index in [0.29, 0.717) is 47.5 Å². The summed E-state index contributed by atoms with van der Waals surface area (Å²) in [5, 5.41) is 7.24. The van der Waals surface area contributed by atoms with Crippen LogP contribution >= 0.6 is 11.8 Å². The first-order valence-corrected chi connectivity index (χ1v) is 15.1. The molecule has 0 atom stereocenters. The van der Waals surface area contributed by atoms with Gasteiger partial charge in [0.2, 0.25) is 11.8 Å². The summed E-state index contributed by atoms with van der Waals surface area (Å²) >= 11 is 1.32. The van der Waals surface area contributed by atoms with Crippen LogP contribution in [0.25, 0.3) is 10.9 Å². The predicted octanol–water partition coefficient (Wildman–Crippen LogP) is 4.82. The smallest absolute Gasteiger partial charge is 0.262 e. The summed E-state index contributed by atoms with van der Waals surface area (Å²) in [7, 11) is 0. The molecule has 0 unspecified atom stereocenters. The number of rotatable bonds is 12.